The molecule has 4 heterocycles. The van der Waals surface area contributed by atoms with Gasteiger partial charge in [-0.3, -0.25) is 0 Å². The molecule has 2 aliphatic heterocycles. The van der Waals surface area contributed by atoms with Crippen LogP contribution in [0.5, 0.6) is 5.75 Å². The number of fused-ring (bicyclic) bond motifs is 7. The van der Waals surface area contributed by atoms with Crippen molar-refractivity contribution in [3.8, 4) is 28.3 Å². The highest BCUT2D eigenvalue weighted by Gasteiger charge is 2.33. The molecule has 0 amide bonds. The molecule has 3 aliphatic rings. The Morgan fingerprint density at radius 3 is 2.40 bits per heavy atom. The monoisotopic (exact) mass is 682 g/mol. The number of likely N-dealkylation sites (tertiary alicyclic amines) is 1. The van der Waals surface area contributed by atoms with E-state index in [1.807, 2.05) is 24.3 Å². The van der Waals surface area contributed by atoms with Crippen molar-refractivity contribution in [1.29, 1.82) is 0 Å². The molecule has 1 saturated heterocycles. The van der Waals surface area contributed by atoms with Gasteiger partial charge in [0.1, 0.15) is 5.75 Å². The molecule has 0 atom stereocenters. The van der Waals surface area contributed by atoms with Gasteiger partial charge in [-0.1, -0.05) is 43.9 Å². The zero-order valence-corrected chi connectivity index (χ0v) is 28.0. The fraction of sp³-hybridized carbons (Fsp3) is 0.400. The second kappa shape index (κ2) is 13.3. The van der Waals surface area contributed by atoms with Gasteiger partial charge in [0, 0.05) is 53.6 Å². The van der Waals surface area contributed by atoms with E-state index in [1.165, 1.54) is 61.9 Å². The number of alkyl halides is 3. The molecular formula is C40H41F3N4O3. The number of piperidine rings is 1. The van der Waals surface area contributed by atoms with Gasteiger partial charge in [0.2, 0.25) is 0 Å². The van der Waals surface area contributed by atoms with E-state index in [2.05, 4.69) is 31.2 Å². The first-order valence-electron chi connectivity index (χ1n) is 17.9. The highest BCUT2D eigenvalue weighted by Crippen LogP contribution is 2.49. The molecule has 8 rings (SSSR count). The Kier molecular flexibility index (Phi) is 8.67. The molecule has 10 heteroatoms. The smallest absolute Gasteiger partial charge is 0.478 e. The molecule has 50 heavy (non-hydrogen) atoms. The number of pyridine rings is 1. The average Bonchev–Trinajstić information content (AvgIpc) is 3.35. The maximum absolute atomic E-state index is 13.0. The Morgan fingerprint density at radius 2 is 1.62 bits per heavy atom. The lowest BCUT2D eigenvalue weighted by atomic mass is 9.81. The van der Waals surface area contributed by atoms with Crippen LogP contribution in [0.1, 0.15) is 73.2 Å². The van der Waals surface area contributed by atoms with Gasteiger partial charge in [-0.25, -0.2) is 9.78 Å². The highest BCUT2D eigenvalue weighted by atomic mass is 19.4. The molecule has 1 N–H and O–H groups in total. The highest BCUT2D eigenvalue weighted by molar-refractivity contribution is 6.05. The van der Waals surface area contributed by atoms with Crippen molar-refractivity contribution in [1.82, 2.24) is 14.5 Å². The topological polar surface area (TPSA) is 70.8 Å². The molecule has 0 bridgehead atoms. The summed E-state index contributed by atoms with van der Waals surface area (Å²) in [6, 6.07) is 19.7. The fourth-order valence-electron chi connectivity index (χ4n) is 8.57. The molecule has 2 aromatic heterocycles. The number of nitrogens with zero attached hydrogens (tertiary/aromatic N) is 4. The lowest BCUT2D eigenvalue weighted by Crippen LogP contribution is -2.38. The summed E-state index contributed by atoms with van der Waals surface area (Å²) in [5.74, 6) is -0.826. The number of rotatable bonds is 7. The number of carboxylic acids is 1. The first-order chi connectivity index (χ1) is 24.2. The van der Waals surface area contributed by atoms with E-state index in [9.17, 15) is 23.1 Å². The molecule has 1 saturated carbocycles. The SMILES string of the molecule is O=C(O)c1ccc2c(C3CCCCC3)c3n(c2c1)CCN(CCN1CCCCC1)c1c-3ccc2nc(-c3cccc(OC(F)(F)F)c3)ccc12. The number of carbonyl (C=O) groups is 1. The summed E-state index contributed by atoms with van der Waals surface area (Å²) >= 11 is 0. The van der Waals surface area contributed by atoms with Gasteiger partial charge >= 0.3 is 12.3 Å². The second-order valence-corrected chi connectivity index (χ2v) is 14.0. The summed E-state index contributed by atoms with van der Waals surface area (Å²) in [5.41, 5.74) is 7.87. The largest absolute Gasteiger partial charge is 0.573 e. The number of hydrogen-bond donors (Lipinski definition) is 1. The van der Waals surface area contributed by atoms with Crippen molar-refractivity contribution < 1.29 is 27.8 Å². The van der Waals surface area contributed by atoms with E-state index in [0.717, 1.165) is 85.2 Å². The first kappa shape index (κ1) is 32.6. The molecular weight excluding hydrogens is 641 g/mol. The van der Waals surface area contributed by atoms with Crippen LogP contribution < -0.4 is 9.64 Å². The van der Waals surface area contributed by atoms with Crippen molar-refractivity contribution >= 4 is 33.5 Å². The lowest BCUT2D eigenvalue weighted by Gasteiger charge is -2.32. The molecule has 7 nitrogen and oxygen atoms in total. The van der Waals surface area contributed by atoms with Gasteiger partial charge in [-0.05, 0) is 98.8 Å². The van der Waals surface area contributed by atoms with Gasteiger partial charge in [0.05, 0.1) is 28.2 Å². The summed E-state index contributed by atoms with van der Waals surface area (Å²) in [5, 5.41) is 12.1. The normalized spacial score (nSPS) is 17.5. The van der Waals surface area contributed by atoms with Crippen LogP contribution in [0.4, 0.5) is 18.9 Å². The summed E-state index contributed by atoms with van der Waals surface area (Å²) in [6.07, 6.45) is 4.74. The molecule has 3 aromatic carbocycles. The molecule has 0 spiro atoms. The lowest BCUT2D eigenvalue weighted by molar-refractivity contribution is -0.274. The van der Waals surface area contributed by atoms with E-state index in [1.54, 1.807) is 18.2 Å². The van der Waals surface area contributed by atoms with Crippen LogP contribution in [0, 0.1) is 0 Å². The summed E-state index contributed by atoms with van der Waals surface area (Å²) in [7, 11) is 0. The summed E-state index contributed by atoms with van der Waals surface area (Å²) in [4.78, 5) is 22.2. The molecule has 0 unspecified atom stereocenters. The quantitative estimate of drug-likeness (QED) is 0.185. The van der Waals surface area contributed by atoms with Crippen molar-refractivity contribution in [2.45, 2.75) is 70.2 Å². The number of aromatic nitrogens is 2. The predicted octanol–water partition coefficient (Wildman–Crippen LogP) is 9.47. The average molecular weight is 683 g/mol. The summed E-state index contributed by atoms with van der Waals surface area (Å²) < 4.78 is 45.6. The summed E-state index contributed by atoms with van der Waals surface area (Å²) in [6.45, 7) is 5.46. The Hall–Kier alpha value is -4.57. The van der Waals surface area contributed by atoms with Crippen molar-refractivity contribution in [3.63, 3.8) is 0 Å². The van der Waals surface area contributed by atoms with Crippen molar-refractivity contribution in [2.75, 3.05) is 37.6 Å². The molecule has 2 fully saturated rings. The van der Waals surface area contributed by atoms with E-state index in [0.29, 0.717) is 22.7 Å². The minimum Gasteiger partial charge on any atom is -0.478 e. The number of halogens is 3. The third kappa shape index (κ3) is 6.30. The zero-order valence-electron chi connectivity index (χ0n) is 28.0. The maximum Gasteiger partial charge on any atom is 0.573 e. The number of ether oxygens (including phenoxy) is 1. The number of benzene rings is 3. The Balaban J connectivity index is 1.30. The van der Waals surface area contributed by atoms with Gasteiger partial charge in [-0.15, -0.1) is 13.2 Å². The Labute approximate surface area is 289 Å². The second-order valence-electron chi connectivity index (χ2n) is 14.0. The van der Waals surface area contributed by atoms with E-state index in [-0.39, 0.29) is 5.75 Å². The van der Waals surface area contributed by atoms with Crippen LogP contribution >= 0.6 is 0 Å². The first-order valence-corrected chi connectivity index (χ1v) is 17.9. The van der Waals surface area contributed by atoms with Crippen molar-refractivity contribution in [2.24, 2.45) is 0 Å². The van der Waals surface area contributed by atoms with Crippen LogP contribution in [-0.4, -0.2) is 64.6 Å². The molecule has 5 aromatic rings. The van der Waals surface area contributed by atoms with E-state index < -0.39 is 12.3 Å². The zero-order chi connectivity index (χ0) is 34.4. The van der Waals surface area contributed by atoms with Crippen LogP contribution in [0.15, 0.2) is 66.7 Å². The Bertz CT molecular complexity index is 2060. The standard InChI is InChI=1S/C40H41F3N4O3/c41-40(42,43)50-29-11-7-10-27(24-29)33-16-14-30-34(44-33)17-15-32-37(30)46(21-20-45-18-5-2-6-19-45)22-23-47-35-25-28(39(48)49)12-13-31(35)36(38(32)47)26-8-3-1-4-9-26/h7,10-17,24-26H,1-6,8-9,18-23H2,(H,48,49). The molecule has 1 aliphatic carbocycles. The number of aromatic carboxylic acids is 1. The Morgan fingerprint density at radius 1 is 0.840 bits per heavy atom. The minimum absolute atomic E-state index is 0.281. The van der Waals surface area contributed by atoms with Gasteiger partial charge in [0.25, 0.3) is 0 Å². The van der Waals surface area contributed by atoms with Crippen molar-refractivity contribution in [3.05, 3.63) is 77.9 Å². The van der Waals surface area contributed by atoms with Gasteiger partial charge in [-0.2, -0.15) is 0 Å². The van der Waals surface area contributed by atoms with Gasteiger partial charge in [0.15, 0.2) is 0 Å². The van der Waals surface area contributed by atoms with Crippen LogP contribution in [-0.2, 0) is 6.54 Å². The van der Waals surface area contributed by atoms with Gasteiger partial charge < -0.3 is 24.2 Å². The van der Waals surface area contributed by atoms with E-state index >= 15 is 0 Å². The van der Waals surface area contributed by atoms with E-state index in [4.69, 9.17) is 4.98 Å². The fourth-order valence-corrected chi connectivity index (χ4v) is 8.57. The van der Waals surface area contributed by atoms with Crippen LogP contribution in [0.3, 0.4) is 0 Å². The molecule has 0 radical (unpaired) electrons. The molecule has 260 valence electrons. The third-order valence-electron chi connectivity index (χ3n) is 10.9. The minimum atomic E-state index is -4.78. The predicted molar refractivity (Wildman–Crippen MR) is 190 cm³/mol. The van der Waals surface area contributed by atoms with Crippen LogP contribution in [0.25, 0.3) is 44.3 Å². The number of carboxylic acid groups (broad SMARTS) is 1. The number of hydrogen-bond acceptors (Lipinski definition) is 5. The maximum atomic E-state index is 13.0. The number of anilines is 1. The third-order valence-corrected chi connectivity index (χ3v) is 10.9. The van der Waals surface area contributed by atoms with Crippen LogP contribution in [0.2, 0.25) is 0 Å².